The summed E-state index contributed by atoms with van der Waals surface area (Å²) in [5.74, 6) is 3.57. The standard InChI is InChI=1S/C17H26N6/c1-13-6-5-7-21(11-13)12-15-19-17-18-14(2)10-16(23(17)20-15)22-8-3-4-9-22/h10,13H,3-9,11-12H2,1-2H3/t13-/m1/s1. The van der Waals surface area contributed by atoms with E-state index in [1.807, 2.05) is 11.4 Å². The van der Waals surface area contributed by atoms with Crippen LogP contribution in [0.25, 0.3) is 5.78 Å². The highest BCUT2D eigenvalue weighted by atomic mass is 15.4. The van der Waals surface area contributed by atoms with Gasteiger partial charge in [0.25, 0.3) is 5.78 Å². The largest absolute Gasteiger partial charge is 0.356 e. The third kappa shape index (κ3) is 3.04. The molecule has 2 aliphatic rings. The SMILES string of the molecule is Cc1cc(N2CCCC2)n2nc(CN3CCC[C@@H](C)C3)nc2n1. The number of fused-ring (bicyclic) bond motifs is 1. The van der Waals surface area contributed by atoms with E-state index in [4.69, 9.17) is 10.1 Å². The van der Waals surface area contributed by atoms with Crippen molar-refractivity contribution in [1.82, 2.24) is 24.5 Å². The molecule has 4 heterocycles. The van der Waals surface area contributed by atoms with Crippen molar-refractivity contribution >= 4 is 11.6 Å². The fourth-order valence-electron chi connectivity index (χ4n) is 3.88. The van der Waals surface area contributed by atoms with Crippen LogP contribution in [0.2, 0.25) is 0 Å². The zero-order valence-electron chi connectivity index (χ0n) is 14.2. The topological polar surface area (TPSA) is 49.6 Å². The maximum atomic E-state index is 4.78. The number of nitrogens with zero attached hydrogens (tertiary/aromatic N) is 6. The number of likely N-dealkylation sites (tertiary alicyclic amines) is 1. The minimum atomic E-state index is 0.743. The zero-order chi connectivity index (χ0) is 15.8. The molecule has 0 amide bonds. The number of rotatable bonds is 3. The number of aromatic nitrogens is 4. The van der Waals surface area contributed by atoms with Crippen LogP contribution in [0.15, 0.2) is 6.07 Å². The van der Waals surface area contributed by atoms with Crippen molar-refractivity contribution in [2.45, 2.75) is 46.1 Å². The lowest BCUT2D eigenvalue weighted by Gasteiger charge is -2.29. The van der Waals surface area contributed by atoms with Gasteiger partial charge in [-0.2, -0.15) is 9.50 Å². The summed E-state index contributed by atoms with van der Waals surface area (Å²) >= 11 is 0. The highest BCUT2D eigenvalue weighted by Crippen LogP contribution is 2.22. The Morgan fingerprint density at radius 2 is 1.96 bits per heavy atom. The molecule has 0 spiro atoms. The maximum Gasteiger partial charge on any atom is 0.254 e. The van der Waals surface area contributed by atoms with Crippen molar-refractivity contribution in [1.29, 1.82) is 0 Å². The van der Waals surface area contributed by atoms with Gasteiger partial charge >= 0.3 is 0 Å². The molecule has 2 aromatic rings. The van der Waals surface area contributed by atoms with Gasteiger partial charge in [0.05, 0.1) is 6.54 Å². The lowest BCUT2D eigenvalue weighted by molar-refractivity contribution is 0.173. The lowest BCUT2D eigenvalue weighted by atomic mass is 10.0. The Hall–Kier alpha value is -1.69. The Kier molecular flexibility index (Phi) is 3.93. The van der Waals surface area contributed by atoms with Gasteiger partial charge in [0, 0.05) is 31.4 Å². The summed E-state index contributed by atoms with van der Waals surface area (Å²) in [7, 11) is 0. The van der Waals surface area contributed by atoms with Crippen LogP contribution in [0.5, 0.6) is 0 Å². The van der Waals surface area contributed by atoms with Crippen molar-refractivity contribution in [3.05, 3.63) is 17.6 Å². The van der Waals surface area contributed by atoms with Crippen LogP contribution in [0.4, 0.5) is 5.82 Å². The second kappa shape index (κ2) is 6.07. The van der Waals surface area contributed by atoms with E-state index in [9.17, 15) is 0 Å². The predicted molar refractivity (Wildman–Crippen MR) is 90.6 cm³/mol. The van der Waals surface area contributed by atoms with E-state index in [2.05, 4.69) is 27.8 Å². The van der Waals surface area contributed by atoms with Gasteiger partial charge in [0.2, 0.25) is 0 Å². The third-order valence-corrected chi connectivity index (χ3v) is 5.00. The normalized spacial score (nSPS) is 23.0. The van der Waals surface area contributed by atoms with Gasteiger partial charge in [0.1, 0.15) is 5.82 Å². The summed E-state index contributed by atoms with van der Waals surface area (Å²) < 4.78 is 1.95. The molecule has 0 saturated carbocycles. The Balaban J connectivity index is 1.63. The monoisotopic (exact) mass is 314 g/mol. The van der Waals surface area contributed by atoms with Gasteiger partial charge in [-0.1, -0.05) is 6.92 Å². The molecule has 4 rings (SSSR count). The number of hydrogen-bond donors (Lipinski definition) is 0. The number of piperidine rings is 1. The van der Waals surface area contributed by atoms with E-state index in [1.165, 1.54) is 25.7 Å². The van der Waals surface area contributed by atoms with Gasteiger partial charge in [-0.05, 0) is 45.1 Å². The van der Waals surface area contributed by atoms with E-state index in [-0.39, 0.29) is 0 Å². The highest BCUT2D eigenvalue weighted by molar-refractivity contribution is 5.48. The smallest absolute Gasteiger partial charge is 0.254 e. The van der Waals surface area contributed by atoms with E-state index < -0.39 is 0 Å². The number of anilines is 1. The number of hydrogen-bond acceptors (Lipinski definition) is 5. The second-order valence-electron chi connectivity index (χ2n) is 7.17. The van der Waals surface area contributed by atoms with Gasteiger partial charge < -0.3 is 4.90 Å². The molecule has 2 saturated heterocycles. The van der Waals surface area contributed by atoms with Crippen LogP contribution < -0.4 is 4.90 Å². The Morgan fingerprint density at radius 1 is 1.13 bits per heavy atom. The molecular weight excluding hydrogens is 288 g/mol. The quantitative estimate of drug-likeness (QED) is 0.870. The zero-order valence-corrected chi connectivity index (χ0v) is 14.2. The Bertz CT molecular complexity index is 688. The van der Waals surface area contributed by atoms with Crippen LogP contribution in [-0.2, 0) is 6.54 Å². The summed E-state index contributed by atoms with van der Waals surface area (Å²) in [4.78, 5) is 14.2. The van der Waals surface area contributed by atoms with Crippen LogP contribution in [-0.4, -0.2) is 50.7 Å². The first-order valence-corrected chi connectivity index (χ1v) is 8.89. The molecule has 6 heteroatoms. The summed E-state index contributed by atoms with van der Waals surface area (Å²) in [6, 6.07) is 2.14. The van der Waals surface area contributed by atoms with Crippen molar-refractivity contribution < 1.29 is 0 Å². The first-order chi connectivity index (χ1) is 11.2. The molecule has 0 bridgehead atoms. The summed E-state index contributed by atoms with van der Waals surface area (Å²) in [6.07, 6.45) is 5.14. The van der Waals surface area contributed by atoms with Gasteiger partial charge in [-0.3, -0.25) is 4.90 Å². The summed E-state index contributed by atoms with van der Waals surface area (Å²) in [5.41, 5.74) is 1.02. The van der Waals surface area contributed by atoms with Crippen LogP contribution in [0.3, 0.4) is 0 Å². The van der Waals surface area contributed by atoms with Crippen molar-refractivity contribution in [3.8, 4) is 0 Å². The molecule has 2 fully saturated rings. The van der Waals surface area contributed by atoms with E-state index >= 15 is 0 Å². The molecular formula is C17H26N6. The van der Waals surface area contributed by atoms with E-state index in [0.717, 1.165) is 61.8 Å². The molecule has 0 radical (unpaired) electrons. The van der Waals surface area contributed by atoms with Crippen LogP contribution in [0.1, 0.15) is 44.1 Å². The van der Waals surface area contributed by atoms with Gasteiger partial charge in [0.15, 0.2) is 5.82 Å². The fourth-order valence-corrected chi connectivity index (χ4v) is 3.88. The maximum absolute atomic E-state index is 4.78. The minimum Gasteiger partial charge on any atom is -0.356 e. The summed E-state index contributed by atoms with van der Waals surface area (Å²) in [6.45, 7) is 9.74. The third-order valence-electron chi connectivity index (χ3n) is 5.00. The van der Waals surface area contributed by atoms with Crippen molar-refractivity contribution in [2.75, 3.05) is 31.1 Å². The molecule has 0 unspecified atom stereocenters. The molecule has 0 aliphatic carbocycles. The number of aryl methyl sites for hydroxylation is 1. The Morgan fingerprint density at radius 3 is 2.74 bits per heavy atom. The first-order valence-electron chi connectivity index (χ1n) is 8.89. The average Bonchev–Trinajstić information content (AvgIpc) is 3.15. The lowest BCUT2D eigenvalue weighted by Crippen LogP contribution is -2.34. The van der Waals surface area contributed by atoms with Crippen molar-refractivity contribution in [2.24, 2.45) is 5.92 Å². The van der Waals surface area contributed by atoms with Crippen LogP contribution >= 0.6 is 0 Å². The molecule has 124 valence electrons. The fraction of sp³-hybridized carbons (Fsp3) is 0.706. The minimum absolute atomic E-state index is 0.743. The van der Waals surface area contributed by atoms with E-state index in [1.54, 1.807) is 0 Å². The van der Waals surface area contributed by atoms with Crippen LogP contribution in [0, 0.1) is 12.8 Å². The van der Waals surface area contributed by atoms with Gasteiger partial charge in [-0.25, -0.2) is 4.98 Å². The second-order valence-corrected chi connectivity index (χ2v) is 7.17. The predicted octanol–water partition coefficient (Wildman–Crippen LogP) is 2.26. The molecule has 2 aromatic heterocycles. The molecule has 6 nitrogen and oxygen atoms in total. The summed E-state index contributed by atoms with van der Waals surface area (Å²) in [5, 5.41) is 4.78. The average molecular weight is 314 g/mol. The molecule has 0 N–H and O–H groups in total. The van der Waals surface area contributed by atoms with Crippen molar-refractivity contribution in [3.63, 3.8) is 0 Å². The molecule has 2 aliphatic heterocycles. The highest BCUT2D eigenvalue weighted by Gasteiger charge is 2.21. The molecule has 23 heavy (non-hydrogen) atoms. The Labute approximate surface area is 137 Å². The molecule has 0 aromatic carbocycles. The van der Waals surface area contributed by atoms with E-state index in [0.29, 0.717) is 0 Å². The van der Waals surface area contributed by atoms with Gasteiger partial charge in [-0.15, -0.1) is 5.10 Å². The first kappa shape index (κ1) is 14.9. The molecule has 1 atom stereocenters.